The van der Waals surface area contributed by atoms with E-state index in [1.165, 1.54) is 12.8 Å². The molecule has 3 rings (SSSR count). The first-order valence-corrected chi connectivity index (χ1v) is 7.30. The Bertz CT molecular complexity index is 498. The molecule has 0 aromatic carbocycles. The fourth-order valence-corrected chi connectivity index (χ4v) is 3.23. The van der Waals surface area contributed by atoms with Gasteiger partial charge in [-0.2, -0.15) is 0 Å². The highest BCUT2D eigenvalue weighted by atomic mass is 16.5. The van der Waals surface area contributed by atoms with Gasteiger partial charge in [0.25, 0.3) is 0 Å². The summed E-state index contributed by atoms with van der Waals surface area (Å²) >= 11 is 0. The number of carbonyl (C=O) groups excluding carboxylic acids is 1. The summed E-state index contributed by atoms with van der Waals surface area (Å²) in [6, 6.07) is 1.90. The second-order valence-electron chi connectivity index (χ2n) is 5.75. The maximum atomic E-state index is 11.8. The van der Waals surface area contributed by atoms with Crippen LogP contribution in [0.5, 0.6) is 0 Å². The molecule has 20 heavy (non-hydrogen) atoms. The van der Waals surface area contributed by atoms with Gasteiger partial charge >= 0.3 is 5.97 Å². The van der Waals surface area contributed by atoms with Crippen molar-refractivity contribution in [3.05, 3.63) is 24.0 Å². The molecule has 1 spiro atoms. The highest BCUT2D eigenvalue weighted by molar-refractivity contribution is 5.90. The lowest BCUT2D eigenvalue weighted by atomic mass is 9.86. The van der Waals surface area contributed by atoms with E-state index in [4.69, 9.17) is 4.74 Å². The Labute approximate surface area is 119 Å². The van der Waals surface area contributed by atoms with Gasteiger partial charge in [0.15, 0.2) is 0 Å². The van der Waals surface area contributed by atoms with Crippen molar-refractivity contribution in [1.29, 1.82) is 0 Å². The SMILES string of the molecule is CCOC(=O)c1cncc(N2CCC3(CCNC3)C2)c1. The maximum absolute atomic E-state index is 11.8. The van der Waals surface area contributed by atoms with Crippen LogP contribution in [0.25, 0.3) is 0 Å². The van der Waals surface area contributed by atoms with Gasteiger partial charge in [0.05, 0.1) is 24.1 Å². The molecule has 1 unspecified atom stereocenters. The van der Waals surface area contributed by atoms with Crippen molar-refractivity contribution in [2.75, 3.05) is 37.7 Å². The fraction of sp³-hybridized carbons (Fsp3) is 0.600. The summed E-state index contributed by atoms with van der Waals surface area (Å²) in [6.45, 7) is 6.51. The third-order valence-corrected chi connectivity index (χ3v) is 4.37. The van der Waals surface area contributed by atoms with E-state index in [1.54, 1.807) is 6.20 Å². The Morgan fingerprint density at radius 1 is 1.50 bits per heavy atom. The lowest BCUT2D eigenvalue weighted by molar-refractivity contribution is 0.0526. The third-order valence-electron chi connectivity index (χ3n) is 4.37. The number of hydrogen-bond acceptors (Lipinski definition) is 5. The summed E-state index contributed by atoms with van der Waals surface area (Å²) in [7, 11) is 0. The summed E-state index contributed by atoms with van der Waals surface area (Å²) in [5.74, 6) is -0.293. The molecule has 3 heterocycles. The van der Waals surface area contributed by atoms with Crippen LogP contribution in [0, 0.1) is 5.41 Å². The van der Waals surface area contributed by atoms with Gasteiger partial charge in [0.1, 0.15) is 0 Å². The lowest BCUT2D eigenvalue weighted by Gasteiger charge is -2.24. The van der Waals surface area contributed by atoms with Crippen molar-refractivity contribution in [1.82, 2.24) is 10.3 Å². The van der Waals surface area contributed by atoms with Crippen LogP contribution in [-0.2, 0) is 4.74 Å². The summed E-state index contributed by atoms with van der Waals surface area (Å²) in [5.41, 5.74) is 1.98. The van der Waals surface area contributed by atoms with Crippen LogP contribution >= 0.6 is 0 Å². The number of ether oxygens (including phenoxy) is 1. The quantitative estimate of drug-likeness (QED) is 0.846. The molecule has 1 N–H and O–H groups in total. The number of pyridine rings is 1. The second-order valence-corrected chi connectivity index (χ2v) is 5.75. The molecule has 0 saturated carbocycles. The minimum atomic E-state index is -0.293. The Morgan fingerprint density at radius 2 is 2.40 bits per heavy atom. The van der Waals surface area contributed by atoms with E-state index in [9.17, 15) is 4.79 Å². The van der Waals surface area contributed by atoms with Crippen molar-refractivity contribution in [2.24, 2.45) is 5.41 Å². The van der Waals surface area contributed by atoms with Crippen LogP contribution in [0.15, 0.2) is 18.5 Å². The average molecular weight is 275 g/mol. The molecule has 0 radical (unpaired) electrons. The topological polar surface area (TPSA) is 54.5 Å². The van der Waals surface area contributed by atoms with Crippen LogP contribution < -0.4 is 10.2 Å². The summed E-state index contributed by atoms with van der Waals surface area (Å²) in [5, 5.41) is 3.46. The Balaban J connectivity index is 1.74. The summed E-state index contributed by atoms with van der Waals surface area (Å²) in [4.78, 5) is 18.3. The minimum absolute atomic E-state index is 0.293. The minimum Gasteiger partial charge on any atom is -0.462 e. The predicted molar refractivity (Wildman–Crippen MR) is 76.9 cm³/mol. The first-order chi connectivity index (χ1) is 9.72. The number of rotatable bonds is 3. The molecular formula is C15H21N3O2. The van der Waals surface area contributed by atoms with Gasteiger partial charge in [0.2, 0.25) is 0 Å². The molecule has 0 bridgehead atoms. The van der Waals surface area contributed by atoms with Gasteiger partial charge in [0, 0.05) is 31.2 Å². The van der Waals surface area contributed by atoms with Crippen LogP contribution in [0.2, 0.25) is 0 Å². The number of carbonyl (C=O) groups is 1. The average Bonchev–Trinajstić information content (AvgIpc) is 3.10. The normalized spacial score (nSPS) is 25.4. The molecule has 2 fully saturated rings. The zero-order chi connectivity index (χ0) is 14.0. The van der Waals surface area contributed by atoms with E-state index in [1.807, 2.05) is 19.2 Å². The molecule has 2 aliphatic heterocycles. The Morgan fingerprint density at radius 3 is 3.15 bits per heavy atom. The Kier molecular flexibility index (Phi) is 3.61. The highest BCUT2D eigenvalue weighted by Gasteiger charge is 2.40. The highest BCUT2D eigenvalue weighted by Crippen LogP contribution is 2.38. The summed E-state index contributed by atoms with van der Waals surface area (Å²) in [6.07, 6.45) is 5.87. The van der Waals surface area contributed by atoms with Crippen LogP contribution in [0.4, 0.5) is 5.69 Å². The van der Waals surface area contributed by atoms with Gasteiger partial charge in [-0.25, -0.2) is 4.79 Å². The molecule has 1 aromatic heterocycles. The molecule has 5 heteroatoms. The van der Waals surface area contributed by atoms with Crippen molar-refractivity contribution in [2.45, 2.75) is 19.8 Å². The maximum Gasteiger partial charge on any atom is 0.339 e. The monoisotopic (exact) mass is 275 g/mol. The zero-order valence-electron chi connectivity index (χ0n) is 11.9. The molecule has 1 aromatic rings. The van der Waals surface area contributed by atoms with Gasteiger partial charge in [-0.15, -0.1) is 0 Å². The van der Waals surface area contributed by atoms with Crippen LogP contribution in [-0.4, -0.2) is 43.7 Å². The van der Waals surface area contributed by atoms with Gasteiger partial charge < -0.3 is 15.0 Å². The fourth-order valence-electron chi connectivity index (χ4n) is 3.23. The number of hydrogen-bond donors (Lipinski definition) is 1. The van der Waals surface area contributed by atoms with Crippen molar-refractivity contribution < 1.29 is 9.53 Å². The predicted octanol–water partition coefficient (Wildman–Crippen LogP) is 1.45. The zero-order valence-corrected chi connectivity index (χ0v) is 11.9. The van der Waals surface area contributed by atoms with E-state index < -0.39 is 0 Å². The van der Waals surface area contributed by atoms with Crippen LogP contribution in [0.3, 0.4) is 0 Å². The van der Waals surface area contributed by atoms with Crippen LogP contribution in [0.1, 0.15) is 30.1 Å². The molecule has 2 aliphatic rings. The summed E-state index contributed by atoms with van der Waals surface area (Å²) < 4.78 is 5.03. The largest absolute Gasteiger partial charge is 0.462 e. The molecule has 0 aliphatic carbocycles. The Hall–Kier alpha value is -1.62. The van der Waals surface area contributed by atoms with Crippen molar-refractivity contribution in [3.8, 4) is 0 Å². The van der Waals surface area contributed by atoms with E-state index in [-0.39, 0.29) is 5.97 Å². The van der Waals surface area contributed by atoms with Gasteiger partial charge in [-0.1, -0.05) is 0 Å². The number of aromatic nitrogens is 1. The molecule has 1 atom stereocenters. The van der Waals surface area contributed by atoms with Crippen molar-refractivity contribution in [3.63, 3.8) is 0 Å². The molecular weight excluding hydrogens is 254 g/mol. The second kappa shape index (κ2) is 5.40. The number of nitrogens with zero attached hydrogens (tertiary/aromatic N) is 2. The number of nitrogens with one attached hydrogen (secondary N) is 1. The first kappa shape index (κ1) is 13.4. The molecule has 0 amide bonds. The van der Waals surface area contributed by atoms with Gasteiger partial charge in [-0.05, 0) is 32.4 Å². The lowest BCUT2D eigenvalue weighted by Crippen LogP contribution is -2.29. The van der Waals surface area contributed by atoms with E-state index in [0.29, 0.717) is 17.6 Å². The first-order valence-electron chi connectivity index (χ1n) is 7.30. The van der Waals surface area contributed by atoms with E-state index in [2.05, 4.69) is 15.2 Å². The number of esters is 1. The van der Waals surface area contributed by atoms with Gasteiger partial charge in [-0.3, -0.25) is 4.98 Å². The molecule has 2 saturated heterocycles. The standard InChI is InChI=1S/C15H21N3O2/c1-2-20-14(19)12-7-13(9-17-8-12)18-6-4-15(11-18)3-5-16-10-15/h7-9,16H,2-6,10-11H2,1H3. The van der Waals surface area contributed by atoms with E-state index in [0.717, 1.165) is 31.9 Å². The smallest absolute Gasteiger partial charge is 0.339 e. The number of anilines is 1. The van der Waals surface area contributed by atoms with E-state index >= 15 is 0 Å². The molecule has 108 valence electrons. The molecule has 5 nitrogen and oxygen atoms in total. The third kappa shape index (κ3) is 2.50. The van der Waals surface area contributed by atoms with Crippen molar-refractivity contribution >= 4 is 11.7 Å².